The molecule has 0 bridgehead atoms. The fourth-order valence-corrected chi connectivity index (χ4v) is 5.03. The predicted octanol–water partition coefficient (Wildman–Crippen LogP) is 7.09. The van der Waals surface area contributed by atoms with Gasteiger partial charge in [0.1, 0.15) is 17.3 Å². The van der Waals surface area contributed by atoms with Crippen LogP contribution in [0.15, 0.2) is 72.3 Å². The zero-order valence-corrected chi connectivity index (χ0v) is 24.3. The number of halogens is 1. The van der Waals surface area contributed by atoms with Gasteiger partial charge in [-0.1, -0.05) is 84.0 Å². The van der Waals surface area contributed by atoms with E-state index >= 15 is 0 Å². The third kappa shape index (κ3) is 5.81. The van der Waals surface area contributed by atoms with Gasteiger partial charge in [-0.3, -0.25) is 9.59 Å². The van der Waals surface area contributed by atoms with Crippen LogP contribution in [-0.4, -0.2) is 35.4 Å². The van der Waals surface area contributed by atoms with Crippen LogP contribution in [0.25, 0.3) is 5.76 Å². The van der Waals surface area contributed by atoms with E-state index in [4.69, 9.17) is 4.74 Å². The first-order chi connectivity index (χ1) is 18.7. The van der Waals surface area contributed by atoms with Crippen LogP contribution < -0.4 is 4.74 Å². The number of carbonyl (C=O) groups excluding carboxylic acids is 2. The highest BCUT2D eigenvalue weighted by molar-refractivity contribution is 6.46. The number of carbonyl (C=O) groups is 2. The van der Waals surface area contributed by atoms with Crippen molar-refractivity contribution in [2.45, 2.75) is 64.8 Å². The lowest BCUT2D eigenvalue weighted by Crippen LogP contribution is -2.31. The Hall–Kier alpha value is -3.93. The molecule has 1 N–H and O–H groups in total. The van der Waals surface area contributed by atoms with Crippen LogP contribution in [0.4, 0.5) is 4.39 Å². The molecule has 1 unspecified atom stereocenters. The monoisotopic (exact) mass is 543 g/mol. The van der Waals surface area contributed by atoms with Gasteiger partial charge >= 0.3 is 0 Å². The van der Waals surface area contributed by atoms with E-state index in [1.54, 1.807) is 18.2 Å². The molecule has 0 radical (unpaired) electrons. The molecule has 3 aromatic carbocycles. The molecule has 6 heteroatoms. The summed E-state index contributed by atoms with van der Waals surface area (Å²) in [6, 6.07) is 18.6. The highest BCUT2D eigenvalue weighted by atomic mass is 19.1. The van der Waals surface area contributed by atoms with Crippen LogP contribution >= 0.6 is 0 Å². The lowest BCUT2D eigenvalue weighted by molar-refractivity contribution is -0.139. The van der Waals surface area contributed by atoms with Crippen LogP contribution in [0, 0.1) is 5.82 Å². The Morgan fingerprint density at radius 3 is 2.00 bits per heavy atom. The number of methoxy groups -OCH3 is 1. The molecule has 210 valence electrons. The van der Waals surface area contributed by atoms with Crippen molar-refractivity contribution in [2.75, 3.05) is 13.7 Å². The summed E-state index contributed by atoms with van der Waals surface area (Å²) in [6.45, 7) is 12.7. The fourth-order valence-electron chi connectivity index (χ4n) is 5.03. The molecule has 4 rings (SSSR count). The van der Waals surface area contributed by atoms with Gasteiger partial charge in [-0.05, 0) is 63.8 Å². The van der Waals surface area contributed by atoms with Crippen molar-refractivity contribution in [3.05, 3.63) is 106 Å². The predicted molar refractivity (Wildman–Crippen MR) is 156 cm³/mol. The molecular formula is C34H38FNO4. The molecule has 0 aliphatic carbocycles. The number of ketones is 1. The van der Waals surface area contributed by atoms with Gasteiger partial charge in [0, 0.05) is 6.54 Å². The maximum Gasteiger partial charge on any atom is 0.295 e. The van der Waals surface area contributed by atoms with Crippen molar-refractivity contribution in [1.29, 1.82) is 0 Å². The molecule has 1 amide bonds. The Labute approximate surface area is 236 Å². The lowest BCUT2D eigenvalue weighted by Gasteiger charge is -2.27. The number of benzene rings is 3. The number of ether oxygens (including phenoxy) is 1. The number of likely N-dealkylation sites (tertiary alicyclic amines) is 1. The van der Waals surface area contributed by atoms with Crippen molar-refractivity contribution in [3.63, 3.8) is 0 Å². The van der Waals surface area contributed by atoms with Crippen LogP contribution in [0.1, 0.15) is 75.4 Å². The van der Waals surface area contributed by atoms with E-state index in [0.717, 1.165) is 22.3 Å². The molecule has 1 fully saturated rings. The maximum absolute atomic E-state index is 13.6. The molecule has 0 saturated carbocycles. The number of Topliss-reactive ketones (excluding diaryl/α,β-unsaturated/α-hetero) is 1. The molecule has 40 heavy (non-hydrogen) atoms. The van der Waals surface area contributed by atoms with E-state index in [1.807, 2.05) is 36.4 Å². The van der Waals surface area contributed by atoms with Crippen molar-refractivity contribution in [3.8, 4) is 5.75 Å². The minimum atomic E-state index is -0.794. The Bertz CT molecular complexity index is 1440. The Kier molecular flexibility index (Phi) is 7.93. The summed E-state index contributed by atoms with van der Waals surface area (Å²) in [5.41, 5.74) is 3.71. The average molecular weight is 544 g/mol. The van der Waals surface area contributed by atoms with E-state index < -0.39 is 17.7 Å². The quantitative estimate of drug-likeness (QED) is 0.205. The summed E-state index contributed by atoms with van der Waals surface area (Å²) in [7, 11) is 1.51. The number of nitrogens with zero attached hydrogens (tertiary/aromatic N) is 1. The first kappa shape index (κ1) is 29.1. The number of aliphatic hydroxyl groups excluding tert-OH is 1. The maximum atomic E-state index is 13.6. The lowest BCUT2D eigenvalue weighted by atomic mass is 9.84. The zero-order chi connectivity index (χ0) is 29.4. The number of amides is 1. The van der Waals surface area contributed by atoms with E-state index in [0.29, 0.717) is 17.7 Å². The molecule has 0 spiro atoms. The molecule has 1 saturated heterocycles. The second kappa shape index (κ2) is 10.9. The smallest absolute Gasteiger partial charge is 0.295 e. The van der Waals surface area contributed by atoms with Gasteiger partial charge in [-0.25, -0.2) is 4.39 Å². The number of aliphatic hydroxyl groups is 1. The molecule has 1 aliphatic heterocycles. The highest BCUT2D eigenvalue weighted by Crippen LogP contribution is 2.42. The Balaban J connectivity index is 1.86. The summed E-state index contributed by atoms with van der Waals surface area (Å²) in [4.78, 5) is 28.5. The first-order valence-electron chi connectivity index (χ1n) is 13.5. The van der Waals surface area contributed by atoms with Crippen molar-refractivity contribution in [2.24, 2.45) is 0 Å². The Morgan fingerprint density at radius 2 is 1.45 bits per heavy atom. The zero-order valence-electron chi connectivity index (χ0n) is 24.3. The topological polar surface area (TPSA) is 66.8 Å². The average Bonchev–Trinajstić information content (AvgIpc) is 3.16. The number of hydrogen-bond donors (Lipinski definition) is 1. The van der Waals surface area contributed by atoms with Gasteiger partial charge in [0.25, 0.3) is 11.7 Å². The van der Waals surface area contributed by atoms with Crippen molar-refractivity contribution < 1.29 is 23.8 Å². The van der Waals surface area contributed by atoms with Gasteiger partial charge in [0.2, 0.25) is 0 Å². The molecule has 3 aromatic rings. The molecular weight excluding hydrogens is 505 g/mol. The van der Waals surface area contributed by atoms with Gasteiger partial charge < -0.3 is 14.7 Å². The van der Waals surface area contributed by atoms with Gasteiger partial charge in [0.05, 0.1) is 24.3 Å². The second-order valence-corrected chi connectivity index (χ2v) is 12.4. The summed E-state index contributed by atoms with van der Waals surface area (Å²) < 4.78 is 19.0. The largest absolute Gasteiger partial charge is 0.507 e. The van der Waals surface area contributed by atoms with E-state index in [-0.39, 0.29) is 34.5 Å². The summed E-state index contributed by atoms with van der Waals surface area (Å²) >= 11 is 0. The molecule has 1 heterocycles. The van der Waals surface area contributed by atoms with Crippen LogP contribution in [0.3, 0.4) is 0 Å². The first-order valence-corrected chi connectivity index (χ1v) is 13.5. The molecule has 1 atom stereocenters. The van der Waals surface area contributed by atoms with E-state index in [9.17, 15) is 19.1 Å². The number of hydrogen-bond acceptors (Lipinski definition) is 4. The summed E-state index contributed by atoms with van der Waals surface area (Å²) in [5, 5.41) is 11.7. The molecule has 5 nitrogen and oxygen atoms in total. The minimum Gasteiger partial charge on any atom is -0.507 e. The third-order valence-corrected chi connectivity index (χ3v) is 7.51. The van der Waals surface area contributed by atoms with Crippen LogP contribution in [0.2, 0.25) is 0 Å². The molecule has 0 aromatic heterocycles. The number of rotatable bonds is 6. The van der Waals surface area contributed by atoms with E-state index in [1.165, 1.54) is 24.1 Å². The summed E-state index contributed by atoms with van der Waals surface area (Å²) in [5.74, 6) is -1.63. The van der Waals surface area contributed by atoms with Crippen LogP contribution in [-0.2, 0) is 26.8 Å². The van der Waals surface area contributed by atoms with Crippen molar-refractivity contribution >= 4 is 17.4 Å². The second-order valence-electron chi connectivity index (χ2n) is 12.4. The Morgan fingerprint density at radius 1 is 0.875 bits per heavy atom. The highest BCUT2D eigenvalue weighted by Gasteiger charge is 2.46. The van der Waals surface area contributed by atoms with Gasteiger partial charge in [-0.2, -0.15) is 0 Å². The van der Waals surface area contributed by atoms with Crippen LogP contribution in [0.5, 0.6) is 5.75 Å². The normalized spacial score (nSPS) is 17.4. The standard InChI is InChI=1S/C34H38FNO4/c1-33(2,3)23-12-10-22(11-13-23)29-28(30(37)26-20-24(34(4,5)6)14-17-27(26)40-7)31(38)32(39)36(29)19-18-21-8-15-25(35)16-9-21/h8-17,20,29,37H,18-19H2,1-7H3/b30-28+. The minimum absolute atomic E-state index is 0.0250. The SMILES string of the molecule is COc1ccc(C(C)(C)C)cc1/C(O)=C1\C(=O)C(=O)N(CCc2ccc(F)cc2)C1c1ccc(C(C)(C)C)cc1. The fraction of sp³-hybridized carbons (Fsp3) is 0.353. The third-order valence-electron chi connectivity index (χ3n) is 7.51. The van der Waals surface area contributed by atoms with Crippen molar-refractivity contribution in [1.82, 2.24) is 4.90 Å². The van der Waals surface area contributed by atoms with Gasteiger partial charge in [-0.15, -0.1) is 0 Å². The van der Waals surface area contributed by atoms with E-state index in [2.05, 4.69) is 41.5 Å². The van der Waals surface area contributed by atoms with Gasteiger partial charge in [0.15, 0.2) is 0 Å². The summed E-state index contributed by atoms with van der Waals surface area (Å²) in [6.07, 6.45) is 0.423. The molecule has 1 aliphatic rings.